The second-order valence-corrected chi connectivity index (χ2v) is 6.16. The SMILES string of the molecule is CC1(C)CC1c1noc(-c2cccc3c2OCCN3)n1. The molecule has 20 heavy (non-hydrogen) atoms. The van der Waals surface area contributed by atoms with Crippen LogP contribution < -0.4 is 10.1 Å². The maximum absolute atomic E-state index is 5.75. The number of rotatable bonds is 2. The molecular formula is C15H17N3O2. The molecule has 5 nitrogen and oxygen atoms in total. The van der Waals surface area contributed by atoms with Gasteiger partial charge in [0.05, 0.1) is 11.3 Å². The van der Waals surface area contributed by atoms with Crippen molar-refractivity contribution in [3.63, 3.8) is 0 Å². The number of fused-ring (bicyclic) bond motifs is 1. The third kappa shape index (κ3) is 1.77. The van der Waals surface area contributed by atoms with Gasteiger partial charge in [0.15, 0.2) is 11.6 Å². The largest absolute Gasteiger partial charge is 0.489 e. The maximum Gasteiger partial charge on any atom is 0.261 e. The van der Waals surface area contributed by atoms with Crippen LogP contribution in [0.3, 0.4) is 0 Å². The Bertz CT molecular complexity index is 663. The lowest BCUT2D eigenvalue weighted by atomic mass is 10.1. The van der Waals surface area contributed by atoms with Gasteiger partial charge in [-0.3, -0.25) is 0 Å². The van der Waals surface area contributed by atoms with Gasteiger partial charge in [-0.25, -0.2) is 0 Å². The lowest BCUT2D eigenvalue weighted by molar-refractivity contribution is 0.322. The van der Waals surface area contributed by atoms with Crippen LogP contribution in [0.1, 0.15) is 32.0 Å². The fourth-order valence-corrected chi connectivity index (χ4v) is 2.73. The molecule has 1 aromatic heterocycles. The number of benzene rings is 1. The van der Waals surface area contributed by atoms with E-state index in [2.05, 4.69) is 29.3 Å². The summed E-state index contributed by atoms with van der Waals surface area (Å²) < 4.78 is 11.2. The van der Waals surface area contributed by atoms with Crippen LogP contribution in [0.25, 0.3) is 11.5 Å². The van der Waals surface area contributed by atoms with Crippen LogP contribution in [0.15, 0.2) is 22.7 Å². The monoisotopic (exact) mass is 271 g/mol. The zero-order chi connectivity index (χ0) is 13.7. The van der Waals surface area contributed by atoms with Crippen molar-refractivity contribution in [3.8, 4) is 17.2 Å². The van der Waals surface area contributed by atoms with Gasteiger partial charge in [-0.05, 0) is 24.0 Å². The maximum atomic E-state index is 5.75. The number of aromatic nitrogens is 2. The van der Waals surface area contributed by atoms with E-state index in [9.17, 15) is 0 Å². The van der Waals surface area contributed by atoms with E-state index >= 15 is 0 Å². The highest BCUT2D eigenvalue weighted by Gasteiger charge is 2.49. The van der Waals surface area contributed by atoms with E-state index in [1.165, 1.54) is 0 Å². The van der Waals surface area contributed by atoms with E-state index < -0.39 is 0 Å². The van der Waals surface area contributed by atoms with Crippen LogP contribution in [-0.2, 0) is 0 Å². The second kappa shape index (κ2) is 3.98. The summed E-state index contributed by atoms with van der Waals surface area (Å²) in [5, 5.41) is 7.45. The lowest BCUT2D eigenvalue weighted by Gasteiger charge is -2.20. The van der Waals surface area contributed by atoms with Gasteiger partial charge in [-0.15, -0.1) is 0 Å². The molecule has 0 bridgehead atoms. The van der Waals surface area contributed by atoms with E-state index in [-0.39, 0.29) is 0 Å². The quantitative estimate of drug-likeness (QED) is 0.909. The topological polar surface area (TPSA) is 60.2 Å². The number of nitrogens with one attached hydrogen (secondary N) is 1. The molecule has 2 aliphatic rings. The number of para-hydroxylation sites is 1. The summed E-state index contributed by atoms with van der Waals surface area (Å²) in [4.78, 5) is 4.56. The Hall–Kier alpha value is -2.04. The molecule has 104 valence electrons. The van der Waals surface area contributed by atoms with Crippen LogP contribution in [0, 0.1) is 5.41 Å². The van der Waals surface area contributed by atoms with E-state index in [1.807, 2.05) is 18.2 Å². The van der Waals surface area contributed by atoms with Crippen molar-refractivity contribution < 1.29 is 9.26 Å². The molecule has 0 amide bonds. The Labute approximate surface area is 117 Å². The first-order valence-electron chi connectivity index (χ1n) is 6.99. The zero-order valence-corrected chi connectivity index (χ0v) is 11.6. The smallest absolute Gasteiger partial charge is 0.261 e. The minimum Gasteiger partial charge on any atom is -0.489 e. The molecule has 1 aliphatic carbocycles. The lowest BCUT2D eigenvalue weighted by Crippen LogP contribution is -2.18. The molecule has 2 aromatic rings. The third-order valence-electron chi connectivity index (χ3n) is 4.18. The van der Waals surface area contributed by atoms with Gasteiger partial charge in [0.1, 0.15) is 6.61 Å². The summed E-state index contributed by atoms with van der Waals surface area (Å²) >= 11 is 0. The number of hydrogen-bond acceptors (Lipinski definition) is 5. The normalized spacial score (nSPS) is 22.6. The van der Waals surface area contributed by atoms with Gasteiger partial charge < -0.3 is 14.6 Å². The van der Waals surface area contributed by atoms with Crippen molar-refractivity contribution in [1.82, 2.24) is 10.1 Å². The molecular weight excluding hydrogens is 254 g/mol. The summed E-state index contributed by atoms with van der Waals surface area (Å²) in [6, 6.07) is 5.93. The number of nitrogens with zero attached hydrogens (tertiary/aromatic N) is 2. The first kappa shape index (κ1) is 11.8. The summed E-state index contributed by atoms with van der Waals surface area (Å²) in [6.07, 6.45) is 1.12. The average Bonchev–Trinajstić information content (AvgIpc) is 2.89. The Kier molecular flexibility index (Phi) is 2.34. The molecule has 4 rings (SSSR count). The van der Waals surface area contributed by atoms with E-state index in [1.54, 1.807) is 0 Å². The average molecular weight is 271 g/mol. The Morgan fingerprint density at radius 2 is 2.20 bits per heavy atom. The van der Waals surface area contributed by atoms with Crippen molar-refractivity contribution in [3.05, 3.63) is 24.0 Å². The molecule has 2 heterocycles. The highest BCUT2D eigenvalue weighted by atomic mass is 16.5. The fraction of sp³-hybridized carbons (Fsp3) is 0.467. The third-order valence-corrected chi connectivity index (χ3v) is 4.18. The van der Waals surface area contributed by atoms with Gasteiger partial charge in [-0.1, -0.05) is 25.1 Å². The van der Waals surface area contributed by atoms with Gasteiger partial charge in [0.25, 0.3) is 5.89 Å². The second-order valence-electron chi connectivity index (χ2n) is 6.16. The van der Waals surface area contributed by atoms with E-state index in [4.69, 9.17) is 9.26 Å². The number of ether oxygens (including phenoxy) is 1. The fourth-order valence-electron chi connectivity index (χ4n) is 2.73. The minimum atomic E-state index is 0.301. The molecule has 1 saturated carbocycles. The Morgan fingerprint density at radius 1 is 1.35 bits per heavy atom. The van der Waals surface area contributed by atoms with Crippen molar-refractivity contribution >= 4 is 5.69 Å². The molecule has 1 aromatic carbocycles. The van der Waals surface area contributed by atoms with Gasteiger partial charge in [0.2, 0.25) is 0 Å². The first-order chi connectivity index (χ1) is 9.65. The molecule has 0 spiro atoms. The predicted octanol–water partition coefficient (Wildman–Crippen LogP) is 3.05. The Morgan fingerprint density at radius 3 is 3.00 bits per heavy atom. The predicted molar refractivity (Wildman–Crippen MR) is 74.9 cm³/mol. The van der Waals surface area contributed by atoms with Crippen LogP contribution in [-0.4, -0.2) is 23.3 Å². The molecule has 1 aliphatic heterocycles. The summed E-state index contributed by atoms with van der Waals surface area (Å²) in [5.74, 6) is 2.58. The van der Waals surface area contributed by atoms with Gasteiger partial charge in [0, 0.05) is 12.5 Å². The highest BCUT2D eigenvalue weighted by molar-refractivity contribution is 5.74. The number of anilines is 1. The molecule has 0 radical (unpaired) electrons. The first-order valence-corrected chi connectivity index (χ1v) is 6.99. The molecule has 1 atom stereocenters. The van der Waals surface area contributed by atoms with Crippen LogP contribution >= 0.6 is 0 Å². The van der Waals surface area contributed by atoms with Crippen LogP contribution in [0.4, 0.5) is 5.69 Å². The van der Waals surface area contributed by atoms with Crippen molar-refractivity contribution in [2.75, 3.05) is 18.5 Å². The number of hydrogen-bond donors (Lipinski definition) is 1. The Balaban J connectivity index is 1.72. The zero-order valence-electron chi connectivity index (χ0n) is 11.6. The summed E-state index contributed by atoms with van der Waals surface area (Å²) in [7, 11) is 0. The summed E-state index contributed by atoms with van der Waals surface area (Å²) in [5.41, 5.74) is 2.15. The molecule has 5 heteroatoms. The van der Waals surface area contributed by atoms with E-state index in [0.29, 0.717) is 23.8 Å². The van der Waals surface area contributed by atoms with Crippen LogP contribution in [0.2, 0.25) is 0 Å². The van der Waals surface area contributed by atoms with Crippen molar-refractivity contribution in [2.45, 2.75) is 26.2 Å². The van der Waals surface area contributed by atoms with Crippen molar-refractivity contribution in [2.24, 2.45) is 5.41 Å². The minimum absolute atomic E-state index is 0.301. The molecule has 0 saturated heterocycles. The van der Waals surface area contributed by atoms with Crippen LogP contribution in [0.5, 0.6) is 5.75 Å². The van der Waals surface area contributed by atoms with Gasteiger partial charge in [-0.2, -0.15) is 4.98 Å². The molecule has 1 N–H and O–H groups in total. The molecule has 1 unspecified atom stereocenters. The van der Waals surface area contributed by atoms with Gasteiger partial charge >= 0.3 is 0 Å². The molecule has 1 fully saturated rings. The summed E-state index contributed by atoms with van der Waals surface area (Å²) in [6.45, 7) is 5.93. The standard InChI is InChI=1S/C15H17N3O2/c1-15(2)8-10(15)13-17-14(20-18-13)9-4-3-5-11-12(9)19-7-6-16-11/h3-5,10,16H,6-8H2,1-2H3. The highest BCUT2D eigenvalue weighted by Crippen LogP contribution is 2.57. The van der Waals surface area contributed by atoms with E-state index in [0.717, 1.165) is 35.8 Å². The van der Waals surface area contributed by atoms with Crippen molar-refractivity contribution in [1.29, 1.82) is 0 Å².